The maximum atomic E-state index is 12.6. The lowest BCUT2D eigenvalue weighted by Crippen LogP contribution is -2.38. The van der Waals surface area contributed by atoms with E-state index in [2.05, 4.69) is 20.1 Å². The Morgan fingerprint density at radius 3 is 2.64 bits per heavy atom. The number of nitrogens with one attached hydrogen (secondary N) is 1. The third kappa shape index (κ3) is 5.41. The van der Waals surface area contributed by atoms with Crippen molar-refractivity contribution in [2.75, 3.05) is 57.4 Å². The first kappa shape index (κ1) is 18.1. The Morgan fingerprint density at radius 1 is 1.12 bits per heavy atom. The molecule has 0 spiro atoms. The van der Waals surface area contributed by atoms with Gasteiger partial charge in [-0.15, -0.1) is 0 Å². The Balaban J connectivity index is 1.48. The molecule has 0 bridgehead atoms. The normalized spacial score (nSPS) is 19.4. The van der Waals surface area contributed by atoms with Crippen LogP contribution < -0.4 is 10.2 Å². The monoisotopic (exact) mass is 346 g/mol. The summed E-state index contributed by atoms with van der Waals surface area (Å²) in [5.41, 5.74) is 0.666. The molecule has 2 fully saturated rings. The summed E-state index contributed by atoms with van der Waals surface area (Å²) in [7, 11) is 0. The molecule has 2 aliphatic heterocycles. The second-order valence-corrected chi connectivity index (χ2v) is 6.84. The molecule has 0 radical (unpaired) electrons. The number of likely N-dealkylation sites (tertiary alicyclic amines) is 1. The smallest absolute Gasteiger partial charge is 0.255 e. The predicted octanol–water partition coefficient (Wildman–Crippen LogP) is 1.91. The number of amides is 1. The standard InChI is InChI=1S/C19H30N4O2/c24-19(21-9-6-12-22-10-3-1-2-4-11-22)17-7-5-8-20-18(17)23-13-15-25-16-14-23/h5,7-8H,1-4,6,9-16H2,(H,21,24). The molecule has 0 aliphatic carbocycles. The van der Waals surface area contributed by atoms with E-state index >= 15 is 0 Å². The van der Waals surface area contributed by atoms with Crippen LogP contribution >= 0.6 is 0 Å². The Hall–Kier alpha value is -1.66. The molecule has 1 amide bonds. The van der Waals surface area contributed by atoms with Crippen LogP contribution in [0.5, 0.6) is 0 Å². The Bertz CT molecular complexity index is 538. The van der Waals surface area contributed by atoms with Gasteiger partial charge in [-0.3, -0.25) is 4.79 Å². The van der Waals surface area contributed by atoms with E-state index < -0.39 is 0 Å². The lowest BCUT2D eigenvalue weighted by Gasteiger charge is -2.29. The van der Waals surface area contributed by atoms with E-state index in [-0.39, 0.29) is 5.91 Å². The van der Waals surface area contributed by atoms with Gasteiger partial charge in [0.15, 0.2) is 0 Å². The van der Waals surface area contributed by atoms with Crippen LogP contribution in [0.1, 0.15) is 42.5 Å². The van der Waals surface area contributed by atoms with Gasteiger partial charge in [-0.1, -0.05) is 12.8 Å². The SMILES string of the molecule is O=C(NCCCN1CCCCCC1)c1cccnc1N1CCOCC1. The van der Waals surface area contributed by atoms with Crippen molar-refractivity contribution in [3.63, 3.8) is 0 Å². The van der Waals surface area contributed by atoms with Crippen molar-refractivity contribution in [2.24, 2.45) is 0 Å². The minimum atomic E-state index is -0.0227. The van der Waals surface area contributed by atoms with E-state index in [1.165, 1.54) is 38.8 Å². The van der Waals surface area contributed by atoms with Crippen molar-refractivity contribution in [2.45, 2.75) is 32.1 Å². The average Bonchev–Trinajstić information content (AvgIpc) is 2.94. The maximum absolute atomic E-state index is 12.6. The molecule has 3 rings (SSSR count). The van der Waals surface area contributed by atoms with E-state index in [9.17, 15) is 4.79 Å². The molecule has 0 atom stereocenters. The number of rotatable bonds is 6. The van der Waals surface area contributed by atoms with Gasteiger partial charge in [-0.05, 0) is 51.0 Å². The van der Waals surface area contributed by atoms with E-state index in [1.807, 2.05) is 12.1 Å². The van der Waals surface area contributed by atoms with Crippen molar-refractivity contribution in [3.05, 3.63) is 23.9 Å². The lowest BCUT2D eigenvalue weighted by atomic mass is 10.2. The zero-order valence-electron chi connectivity index (χ0n) is 15.1. The molecule has 0 saturated carbocycles. The van der Waals surface area contributed by atoms with Crippen LogP contribution in [0.15, 0.2) is 18.3 Å². The summed E-state index contributed by atoms with van der Waals surface area (Å²) in [5, 5.41) is 3.07. The maximum Gasteiger partial charge on any atom is 0.255 e. The van der Waals surface area contributed by atoms with Crippen LogP contribution in [-0.4, -0.2) is 68.3 Å². The Morgan fingerprint density at radius 2 is 1.88 bits per heavy atom. The van der Waals surface area contributed by atoms with Gasteiger partial charge in [0.1, 0.15) is 5.82 Å². The van der Waals surface area contributed by atoms with E-state index in [1.54, 1.807) is 6.20 Å². The molecule has 2 saturated heterocycles. The molecule has 1 aromatic rings. The van der Waals surface area contributed by atoms with Crippen molar-refractivity contribution < 1.29 is 9.53 Å². The Kier molecular flexibility index (Phi) is 7.06. The predicted molar refractivity (Wildman–Crippen MR) is 99.1 cm³/mol. The van der Waals surface area contributed by atoms with Gasteiger partial charge in [0.25, 0.3) is 5.91 Å². The van der Waals surface area contributed by atoms with Crippen LogP contribution in [0, 0.1) is 0 Å². The Labute approximate surface area is 150 Å². The molecule has 1 aromatic heterocycles. The van der Waals surface area contributed by atoms with Gasteiger partial charge in [0.2, 0.25) is 0 Å². The van der Waals surface area contributed by atoms with Gasteiger partial charge in [0, 0.05) is 25.8 Å². The average molecular weight is 346 g/mol. The van der Waals surface area contributed by atoms with Gasteiger partial charge in [0.05, 0.1) is 18.8 Å². The third-order valence-electron chi connectivity index (χ3n) is 4.98. The highest BCUT2D eigenvalue weighted by atomic mass is 16.5. The van der Waals surface area contributed by atoms with Gasteiger partial charge >= 0.3 is 0 Å². The number of morpholine rings is 1. The van der Waals surface area contributed by atoms with Crippen LogP contribution in [0.3, 0.4) is 0 Å². The first-order valence-corrected chi connectivity index (χ1v) is 9.63. The summed E-state index contributed by atoms with van der Waals surface area (Å²) in [4.78, 5) is 21.7. The molecule has 0 aromatic carbocycles. The summed E-state index contributed by atoms with van der Waals surface area (Å²) in [6.45, 7) is 7.14. The molecule has 6 nitrogen and oxygen atoms in total. The summed E-state index contributed by atoms with van der Waals surface area (Å²) in [6.07, 6.45) is 8.09. The van der Waals surface area contributed by atoms with Crippen LogP contribution in [0.4, 0.5) is 5.82 Å². The van der Waals surface area contributed by atoms with Crippen molar-refractivity contribution >= 4 is 11.7 Å². The fraction of sp³-hybridized carbons (Fsp3) is 0.684. The highest BCUT2D eigenvalue weighted by Gasteiger charge is 2.19. The van der Waals surface area contributed by atoms with Crippen LogP contribution in [-0.2, 0) is 4.74 Å². The van der Waals surface area contributed by atoms with Gasteiger partial charge < -0.3 is 19.9 Å². The number of hydrogen-bond acceptors (Lipinski definition) is 5. The number of anilines is 1. The second-order valence-electron chi connectivity index (χ2n) is 6.84. The quantitative estimate of drug-likeness (QED) is 0.798. The highest BCUT2D eigenvalue weighted by Crippen LogP contribution is 2.18. The molecule has 25 heavy (non-hydrogen) atoms. The number of carbonyl (C=O) groups excluding carboxylic acids is 1. The van der Waals surface area contributed by atoms with Crippen molar-refractivity contribution in [1.29, 1.82) is 0 Å². The fourth-order valence-electron chi connectivity index (χ4n) is 3.56. The summed E-state index contributed by atoms with van der Waals surface area (Å²) < 4.78 is 5.39. The van der Waals surface area contributed by atoms with Gasteiger partial charge in [-0.2, -0.15) is 0 Å². The minimum absolute atomic E-state index is 0.0227. The number of carbonyl (C=O) groups is 1. The second kappa shape index (κ2) is 9.73. The van der Waals surface area contributed by atoms with Crippen LogP contribution in [0.2, 0.25) is 0 Å². The molecule has 6 heteroatoms. The molecule has 1 N–H and O–H groups in total. The molecule has 3 heterocycles. The number of ether oxygens (including phenoxy) is 1. The summed E-state index contributed by atoms with van der Waals surface area (Å²) >= 11 is 0. The molecular formula is C19H30N4O2. The summed E-state index contributed by atoms with van der Waals surface area (Å²) in [5.74, 6) is 0.751. The lowest BCUT2D eigenvalue weighted by molar-refractivity contribution is 0.0949. The van der Waals surface area contributed by atoms with E-state index in [0.29, 0.717) is 25.3 Å². The molecule has 2 aliphatic rings. The first-order chi connectivity index (χ1) is 12.3. The van der Waals surface area contributed by atoms with Crippen LogP contribution in [0.25, 0.3) is 0 Å². The van der Waals surface area contributed by atoms with Crippen molar-refractivity contribution in [1.82, 2.24) is 15.2 Å². The molecule has 0 unspecified atom stereocenters. The highest BCUT2D eigenvalue weighted by molar-refractivity contribution is 5.98. The number of nitrogens with zero attached hydrogens (tertiary/aromatic N) is 3. The van der Waals surface area contributed by atoms with Gasteiger partial charge in [-0.25, -0.2) is 4.98 Å². The number of pyridine rings is 1. The first-order valence-electron chi connectivity index (χ1n) is 9.63. The van der Waals surface area contributed by atoms with E-state index in [4.69, 9.17) is 4.74 Å². The number of aromatic nitrogens is 1. The molecular weight excluding hydrogens is 316 g/mol. The van der Waals surface area contributed by atoms with Crippen molar-refractivity contribution in [3.8, 4) is 0 Å². The third-order valence-corrected chi connectivity index (χ3v) is 4.98. The van der Waals surface area contributed by atoms with E-state index in [0.717, 1.165) is 31.9 Å². The minimum Gasteiger partial charge on any atom is -0.378 e. The fourth-order valence-corrected chi connectivity index (χ4v) is 3.56. The zero-order valence-corrected chi connectivity index (χ0v) is 15.1. The largest absolute Gasteiger partial charge is 0.378 e. The zero-order chi connectivity index (χ0) is 17.3. The molecule has 138 valence electrons. The number of hydrogen-bond donors (Lipinski definition) is 1. The topological polar surface area (TPSA) is 57.7 Å². The summed E-state index contributed by atoms with van der Waals surface area (Å²) in [6, 6.07) is 3.69.